The lowest BCUT2D eigenvalue weighted by Gasteiger charge is -2.27. The van der Waals surface area contributed by atoms with Gasteiger partial charge in [-0.3, -0.25) is 0 Å². The van der Waals surface area contributed by atoms with Crippen molar-refractivity contribution in [1.82, 2.24) is 5.32 Å². The van der Waals surface area contributed by atoms with Gasteiger partial charge < -0.3 is 10.4 Å². The van der Waals surface area contributed by atoms with E-state index in [1.807, 2.05) is 0 Å². The minimum absolute atomic E-state index is 0.149. The van der Waals surface area contributed by atoms with Crippen LogP contribution in [0.25, 0.3) is 0 Å². The number of nitrogens with one attached hydrogen (secondary N) is 1. The maximum Gasteiger partial charge on any atom is 0.127 e. The molecule has 1 aliphatic carbocycles. The van der Waals surface area contributed by atoms with Crippen molar-refractivity contribution >= 4 is 0 Å². The smallest absolute Gasteiger partial charge is 0.127 e. The highest BCUT2D eigenvalue weighted by Gasteiger charge is 2.22. The van der Waals surface area contributed by atoms with Gasteiger partial charge in [-0.25, -0.2) is 8.78 Å². The molecule has 2 atom stereocenters. The van der Waals surface area contributed by atoms with E-state index in [-0.39, 0.29) is 11.9 Å². The number of halogens is 2. The van der Waals surface area contributed by atoms with Crippen LogP contribution in [0.3, 0.4) is 0 Å². The zero-order valence-electron chi connectivity index (χ0n) is 11.7. The van der Waals surface area contributed by atoms with Crippen LogP contribution >= 0.6 is 0 Å². The lowest BCUT2D eigenvalue weighted by molar-refractivity contribution is 0.0643. The van der Waals surface area contributed by atoms with E-state index in [1.54, 1.807) is 0 Å². The Hall–Kier alpha value is -1.00. The molecular weight excluding hydrogens is 260 g/mol. The highest BCUT2D eigenvalue weighted by molar-refractivity contribution is 5.18. The second kappa shape index (κ2) is 7.70. The molecule has 1 aliphatic rings. The molecule has 0 radical (unpaired) electrons. The molecule has 0 amide bonds. The first-order valence-corrected chi connectivity index (χ1v) is 7.49. The molecule has 2 N–H and O–H groups in total. The molecule has 1 aromatic carbocycles. The average Bonchev–Trinajstić information content (AvgIpc) is 2.44. The highest BCUT2D eigenvalue weighted by Crippen LogP contribution is 2.27. The van der Waals surface area contributed by atoms with Crippen molar-refractivity contribution in [3.63, 3.8) is 0 Å². The summed E-state index contributed by atoms with van der Waals surface area (Å²) in [6.07, 6.45) is 6.19. The van der Waals surface area contributed by atoms with Crippen molar-refractivity contribution in [2.75, 3.05) is 6.54 Å². The van der Waals surface area contributed by atoms with Gasteiger partial charge in [0, 0.05) is 12.1 Å². The van der Waals surface area contributed by atoms with Crippen LogP contribution in [0.4, 0.5) is 8.78 Å². The number of rotatable bonds is 6. The summed E-state index contributed by atoms with van der Waals surface area (Å²) in [5, 5.41) is 13.0. The van der Waals surface area contributed by atoms with E-state index >= 15 is 0 Å². The molecular formula is C16H23F2NO. The molecule has 4 heteroatoms. The maximum absolute atomic E-state index is 13.4. The molecule has 20 heavy (non-hydrogen) atoms. The van der Waals surface area contributed by atoms with Crippen LogP contribution in [0.1, 0.15) is 44.1 Å². The Morgan fingerprint density at radius 2 is 2.00 bits per heavy atom. The summed E-state index contributed by atoms with van der Waals surface area (Å²) in [4.78, 5) is 0. The van der Waals surface area contributed by atoms with Crippen LogP contribution < -0.4 is 5.32 Å². The Balaban J connectivity index is 1.65. The van der Waals surface area contributed by atoms with E-state index in [0.717, 1.165) is 50.8 Å². The number of hydrogen-bond donors (Lipinski definition) is 2. The Labute approximate surface area is 119 Å². The van der Waals surface area contributed by atoms with Crippen molar-refractivity contribution in [2.24, 2.45) is 5.92 Å². The van der Waals surface area contributed by atoms with E-state index in [4.69, 9.17) is 0 Å². The van der Waals surface area contributed by atoms with Gasteiger partial charge in [-0.1, -0.05) is 12.8 Å². The van der Waals surface area contributed by atoms with Gasteiger partial charge in [-0.15, -0.1) is 0 Å². The fraction of sp³-hybridized carbons (Fsp3) is 0.625. The van der Waals surface area contributed by atoms with E-state index in [9.17, 15) is 13.9 Å². The van der Waals surface area contributed by atoms with Crippen molar-refractivity contribution in [1.29, 1.82) is 0 Å². The molecule has 0 saturated heterocycles. The average molecular weight is 283 g/mol. The van der Waals surface area contributed by atoms with Crippen molar-refractivity contribution in [3.05, 3.63) is 35.4 Å². The number of aliphatic hydroxyl groups is 1. The van der Waals surface area contributed by atoms with Crippen LogP contribution in [0, 0.1) is 17.6 Å². The second-order valence-electron chi connectivity index (χ2n) is 5.67. The van der Waals surface area contributed by atoms with Gasteiger partial charge in [-0.2, -0.15) is 0 Å². The third kappa shape index (κ3) is 4.53. The van der Waals surface area contributed by atoms with Gasteiger partial charge in [-0.05, 0) is 56.3 Å². The molecule has 0 aromatic heterocycles. The SMILES string of the molecule is OC1CCCCC1CCCNCc1cc(F)ccc1F. The largest absolute Gasteiger partial charge is 0.393 e. The van der Waals surface area contributed by atoms with Crippen LogP contribution in [-0.2, 0) is 6.54 Å². The third-order valence-electron chi connectivity index (χ3n) is 4.12. The molecule has 2 nitrogen and oxygen atoms in total. The number of hydrogen-bond acceptors (Lipinski definition) is 2. The fourth-order valence-corrected chi connectivity index (χ4v) is 2.92. The fourth-order valence-electron chi connectivity index (χ4n) is 2.92. The molecule has 1 aromatic rings. The monoisotopic (exact) mass is 283 g/mol. The summed E-state index contributed by atoms with van der Waals surface area (Å²) < 4.78 is 26.4. The lowest BCUT2D eigenvalue weighted by atomic mass is 9.83. The summed E-state index contributed by atoms with van der Waals surface area (Å²) in [6, 6.07) is 3.52. The minimum Gasteiger partial charge on any atom is -0.393 e. The standard InChI is InChI=1S/C16H23F2NO/c17-14-7-8-15(18)13(10-14)11-19-9-3-5-12-4-1-2-6-16(12)20/h7-8,10,12,16,19-20H,1-6,9,11H2. The summed E-state index contributed by atoms with van der Waals surface area (Å²) in [6.45, 7) is 1.11. The van der Waals surface area contributed by atoms with Crippen molar-refractivity contribution < 1.29 is 13.9 Å². The van der Waals surface area contributed by atoms with Gasteiger partial charge in [0.15, 0.2) is 0 Å². The molecule has 1 saturated carbocycles. The molecule has 112 valence electrons. The quantitative estimate of drug-likeness (QED) is 0.784. The third-order valence-corrected chi connectivity index (χ3v) is 4.12. The van der Waals surface area contributed by atoms with Gasteiger partial charge in [0.1, 0.15) is 11.6 Å². The van der Waals surface area contributed by atoms with Crippen LogP contribution in [-0.4, -0.2) is 17.8 Å². The summed E-state index contributed by atoms with van der Waals surface area (Å²) in [7, 11) is 0. The van der Waals surface area contributed by atoms with Crippen molar-refractivity contribution in [2.45, 2.75) is 51.2 Å². The number of aliphatic hydroxyl groups excluding tert-OH is 1. The first-order chi connectivity index (χ1) is 9.66. The number of benzene rings is 1. The Kier molecular flexibility index (Phi) is 5.92. The van der Waals surface area contributed by atoms with Gasteiger partial charge in [0.25, 0.3) is 0 Å². The van der Waals surface area contributed by atoms with Gasteiger partial charge >= 0.3 is 0 Å². The first-order valence-electron chi connectivity index (χ1n) is 7.49. The van der Waals surface area contributed by atoms with E-state index < -0.39 is 5.82 Å². The first kappa shape index (κ1) is 15.4. The van der Waals surface area contributed by atoms with Crippen LogP contribution in [0.2, 0.25) is 0 Å². The van der Waals surface area contributed by atoms with E-state index in [1.165, 1.54) is 12.5 Å². The Morgan fingerprint density at radius 1 is 1.20 bits per heavy atom. The van der Waals surface area contributed by atoms with Crippen molar-refractivity contribution in [3.8, 4) is 0 Å². The summed E-state index contributed by atoms with van der Waals surface area (Å²) >= 11 is 0. The topological polar surface area (TPSA) is 32.3 Å². The lowest BCUT2D eigenvalue weighted by Crippen LogP contribution is -2.25. The predicted molar refractivity (Wildman–Crippen MR) is 75.3 cm³/mol. The zero-order valence-corrected chi connectivity index (χ0v) is 11.7. The molecule has 0 heterocycles. The molecule has 2 rings (SSSR count). The molecule has 2 unspecified atom stereocenters. The highest BCUT2D eigenvalue weighted by atomic mass is 19.1. The molecule has 0 spiro atoms. The van der Waals surface area contributed by atoms with Gasteiger partial charge in [0.05, 0.1) is 6.10 Å². The Morgan fingerprint density at radius 3 is 2.80 bits per heavy atom. The summed E-state index contributed by atoms with van der Waals surface area (Å²) in [5.74, 6) is -0.369. The Bertz CT molecular complexity index is 425. The minimum atomic E-state index is -0.409. The summed E-state index contributed by atoms with van der Waals surface area (Å²) in [5.41, 5.74) is 0.364. The van der Waals surface area contributed by atoms with E-state index in [2.05, 4.69) is 5.32 Å². The normalized spacial score (nSPS) is 22.9. The molecule has 1 fully saturated rings. The van der Waals surface area contributed by atoms with Gasteiger partial charge in [0.2, 0.25) is 0 Å². The second-order valence-corrected chi connectivity index (χ2v) is 5.67. The predicted octanol–water partition coefficient (Wildman–Crippen LogP) is 3.39. The van der Waals surface area contributed by atoms with Crippen LogP contribution in [0.5, 0.6) is 0 Å². The maximum atomic E-state index is 13.4. The zero-order chi connectivity index (χ0) is 14.4. The van der Waals surface area contributed by atoms with E-state index in [0.29, 0.717) is 18.0 Å². The van der Waals surface area contributed by atoms with Crippen LogP contribution in [0.15, 0.2) is 18.2 Å². The molecule has 0 bridgehead atoms. The molecule has 0 aliphatic heterocycles.